The van der Waals surface area contributed by atoms with Crippen molar-refractivity contribution in [3.8, 4) is 0 Å². The standard InChI is InChI=1S/C16H27FO3Si/c1-4-19-21(18-3,20-5-2)13-8-6-7-10-15-11-9-12-16(17)14-15/h9,11-12,14H,4-8,10,13H2,1-3H3. The normalized spacial score (nSPS) is 11.8. The monoisotopic (exact) mass is 314 g/mol. The maximum Gasteiger partial charge on any atom is 0.500 e. The molecule has 120 valence electrons. The Morgan fingerprint density at radius 3 is 2.33 bits per heavy atom. The van der Waals surface area contributed by atoms with E-state index in [1.807, 2.05) is 19.9 Å². The van der Waals surface area contributed by atoms with Crippen molar-refractivity contribution in [1.29, 1.82) is 0 Å². The molecule has 1 rings (SSSR count). The maximum absolute atomic E-state index is 13.1. The number of hydrogen-bond donors (Lipinski definition) is 0. The molecular formula is C16H27FO3Si. The number of aryl methyl sites for hydroxylation is 1. The molecule has 0 fully saturated rings. The highest BCUT2D eigenvalue weighted by atomic mass is 28.4. The summed E-state index contributed by atoms with van der Waals surface area (Å²) in [5.74, 6) is -0.161. The van der Waals surface area contributed by atoms with Gasteiger partial charge in [0.2, 0.25) is 0 Å². The van der Waals surface area contributed by atoms with Crippen LogP contribution in [-0.2, 0) is 19.7 Å². The largest absolute Gasteiger partial charge is 0.500 e. The van der Waals surface area contributed by atoms with Gasteiger partial charge in [-0.15, -0.1) is 0 Å². The van der Waals surface area contributed by atoms with E-state index in [1.165, 1.54) is 6.07 Å². The van der Waals surface area contributed by atoms with Gasteiger partial charge in [-0.2, -0.15) is 0 Å². The molecule has 21 heavy (non-hydrogen) atoms. The molecule has 0 radical (unpaired) electrons. The lowest BCUT2D eigenvalue weighted by Gasteiger charge is -2.27. The van der Waals surface area contributed by atoms with Crippen molar-refractivity contribution >= 4 is 8.80 Å². The smallest absolute Gasteiger partial charge is 0.377 e. The van der Waals surface area contributed by atoms with Crippen LogP contribution in [0.4, 0.5) is 4.39 Å². The summed E-state index contributed by atoms with van der Waals surface area (Å²) in [6.07, 6.45) is 4.02. The average molecular weight is 314 g/mol. The van der Waals surface area contributed by atoms with Gasteiger partial charge in [0, 0.05) is 26.4 Å². The predicted octanol–water partition coefficient (Wildman–Crippen LogP) is 4.20. The fourth-order valence-corrected chi connectivity index (χ4v) is 4.76. The first-order valence-corrected chi connectivity index (χ1v) is 9.66. The van der Waals surface area contributed by atoms with Gasteiger partial charge >= 0.3 is 8.80 Å². The molecule has 0 aromatic heterocycles. The molecule has 5 heteroatoms. The van der Waals surface area contributed by atoms with Crippen LogP contribution in [-0.4, -0.2) is 29.1 Å². The second-order valence-corrected chi connectivity index (χ2v) is 7.80. The third-order valence-electron chi connectivity index (χ3n) is 3.38. The summed E-state index contributed by atoms with van der Waals surface area (Å²) >= 11 is 0. The number of benzene rings is 1. The lowest BCUT2D eigenvalue weighted by Crippen LogP contribution is -2.44. The van der Waals surface area contributed by atoms with E-state index in [-0.39, 0.29) is 5.82 Å². The van der Waals surface area contributed by atoms with E-state index in [0.717, 1.165) is 37.3 Å². The zero-order valence-electron chi connectivity index (χ0n) is 13.4. The first-order valence-electron chi connectivity index (χ1n) is 7.73. The Labute approximate surface area is 128 Å². The zero-order valence-corrected chi connectivity index (χ0v) is 14.4. The summed E-state index contributed by atoms with van der Waals surface area (Å²) in [6, 6.07) is 7.66. The van der Waals surface area contributed by atoms with Crippen molar-refractivity contribution in [1.82, 2.24) is 0 Å². The Kier molecular flexibility index (Phi) is 8.76. The van der Waals surface area contributed by atoms with Crippen LogP contribution >= 0.6 is 0 Å². The third-order valence-corrected chi connectivity index (χ3v) is 6.42. The van der Waals surface area contributed by atoms with E-state index in [1.54, 1.807) is 19.2 Å². The molecule has 1 aromatic carbocycles. The van der Waals surface area contributed by atoms with Crippen LogP contribution in [0.2, 0.25) is 6.04 Å². The Morgan fingerprint density at radius 2 is 1.76 bits per heavy atom. The third kappa shape index (κ3) is 6.69. The van der Waals surface area contributed by atoms with Gasteiger partial charge < -0.3 is 13.3 Å². The van der Waals surface area contributed by atoms with E-state index in [4.69, 9.17) is 13.3 Å². The van der Waals surface area contributed by atoms with Crippen LogP contribution in [0.5, 0.6) is 0 Å². The zero-order chi connectivity index (χ0) is 15.6. The summed E-state index contributed by atoms with van der Waals surface area (Å²) in [4.78, 5) is 0. The molecule has 0 saturated heterocycles. The molecule has 0 aliphatic carbocycles. The van der Waals surface area contributed by atoms with Gasteiger partial charge in [-0.3, -0.25) is 0 Å². The van der Waals surface area contributed by atoms with Gasteiger partial charge in [-0.25, -0.2) is 4.39 Å². The second kappa shape index (κ2) is 10.1. The highest BCUT2D eigenvalue weighted by molar-refractivity contribution is 6.60. The molecule has 0 bridgehead atoms. The Bertz CT molecular complexity index is 395. The Morgan fingerprint density at radius 1 is 1.05 bits per heavy atom. The number of unbranched alkanes of at least 4 members (excludes halogenated alkanes) is 2. The van der Waals surface area contributed by atoms with E-state index in [9.17, 15) is 4.39 Å². The summed E-state index contributed by atoms with van der Waals surface area (Å²) in [5, 5.41) is 0. The van der Waals surface area contributed by atoms with Crippen LogP contribution in [0.25, 0.3) is 0 Å². The van der Waals surface area contributed by atoms with Gasteiger partial charge in [-0.1, -0.05) is 18.6 Å². The topological polar surface area (TPSA) is 27.7 Å². The molecule has 0 N–H and O–H groups in total. The first-order chi connectivity index (χ1) is 10.2. The molecule has 1 aromatic rings. The molecule has 3 nitrogen and oxygen atoms in total. The highest BCUT2D eigenvalue weighted by Gasteiger charge is 2.38. The highest BCUT2D eigenvalue weighted by Crippen LogP contribution is 2.19. The van der Waals surface area contributed by atoms with E-state index < -0.39 is 8.80 Å². The number of hydrogen-bond acceptors (Lipinski definition) is 3. The van der Waals surface area contributed by atoms with Crippen LogP contribution in [0.1, 0.15) is 38.7 Å². The minimum atomic E-state index is -2.47. The minimum absolute atomic E-state index is 0.161. The van der Waals surface area contributed by atoms with E-state index in [2.05, 4.69) is 0 Å². The lowest BCUT2D eigenvalue weighted by molar-refractivity contribution is 0.0859. The molecule has 0 aliphatic heterocycles. The van der Waals surface area contributed by atoms with Crippen molar-refractivity contribution in [3.63, 3.8) is 0 Å². The number of halogens is 1. The molecule has 0 heterocycles. The molecular weight excluding hydrogens is 287 g/mol. The van der Waals surface area contributed by atoms with E-state index in [0.29, 0.717) is 13.2 Å². The Balaban J connectivity index is 2.30. The van der Waals surface area contributed by atoms with Gasteiger partial charge in [0.1, 0.15) is 5.82 Å². The SMILES string of the molecule is CCO[Si](CCCCCc1cccc(F)c1)(OC)OCC. The fraction of sp³-hybridized carbons (Fsp3) is 0.625. The summed E-state index contributed by atoms with van der Waals surface area (Å²) in [6.45, 7) is 5.15. The quantitative estimate of drug-likeness (QED) is 0.452. The molecule has 0 atom stereocenters. The summed E-state index contributed by atoms with van der Waals surface area (Å²) in [5.41, 5.74) is 1.06. The molecule has 0 saturated carbocycles. The predicted molar refractivity (Wildman–Crippen MR) is 84.8 cm³/mol. The van der Waals surface area contributed by atoms with Gasteiger partial charge in [0.05, 0.1) is 0 Å². The first kappa shape index (κ1) is 18.3. The fourth-order valence-electron chi connectivity index (χ4n) is 2.39. The van der Waals surface area contributed by atoms with Crippen molar-refractivity contribution in [2.75, 3.05) is 20.3 Å². The van der Waals surface area contributed by atoms with Crippen LogP contribution in [0, 0.1) is 5.82 Å². The minimum Gasteiger partial charge on any atom is -0.377 e. The van der Waals surface area contributed by atoms with Crippen molar-refractivity contribution in [3.05, 3.63) is 35.6 Å². The maximum atomic E-state index is 13.1. The van der Waals surface area contributed by atoms with Crippen LogP contribution in [0.3, 0.4) is 0 Å². The van der Waals surface area contributed by atoms with Crippen molar-refractivity contribution < 1.29 is 17.7 Å². The molecule has 0 unspecified atom stereocenters. The van der Waals surface area contributed by atoms with Gasteiger partial charge in [0.15, 0.2) is 0 Å². The second-order valence-electron chi connectivity index (χ2n) is 4.94. The van der Waals surface area contributed by atoms with Crippen LogP contribution in [0.15, 0.2) is 24.3 Å². The van der Waals surface area contributed by atoms with Gasteiger partial charge in [-0.05, 0) is 50.8 Å². The van der Waals surface area contributed by atoms with E-state index >= 15 is 0 Å². The molecule has 0 spiro atoms. The number of rotatable bonds is 11. The lowest BCUT2D eigenvalue weighted by atomic mass is 10.1. The van der Waals surface area contributed by atoms with Crippen molar-refractivity contribution in [2.45, 2.75) is 45.6 Å². The summed E-state index contributed by atoms with van der Waals surface area (Å²) < 4.78 is 30.1. The molecule has 0 aliphatic rings. The Hall–Kier alpha value is -0.753. The van der Waals surface area contributed by atoms with Crippen LogP contribution < -0.4 is 0 Å². The van der Waals surface area contributed by atoms with Gasteiger partial charge in [0.25, 0.3) is 0 Å². The average Bonchev–Trinajstić information content (AvgIpc) is 2.47. The summed E-state index contributed by atoms with van der Waals surface area (Å²) in [7, 11) is -0.797. The van der Waals surface area contributed by atoms with Crippen molar-refractivity contribution in [2.24, 2.45) is 0 Å². The molecule has 0 amide bonds.